The highest BCUT2D eigenvalue weighted by Crippen LogP contribution is 2.21. The van der Waals surface area contributed by atoms with Gasteiger partial charge in [0.1, 0.15) is 5.75 Å². The molecule has 0 aliphatic heterocycles. The van der Waals surface area contributed by atoms with Gasteiger partial charge in [0.2, 0.25) is 0 Å². The Morgan fingerprint density at radius 2 is 1.49 bits per heavy atom. The number of sulfone groups is 1. The van der Waals surface area contributed by atoms with Crippen LogP contribution in [-0.2, 0) is 27.6 Å². The summed E-state index contributed by atoms with van der Waals surface area (Å²) in [6.07, 6.45) is 1.74. The molecule has 2 atom stereocenters. The summed E-state index contributed by atoms with van der Waals surface area (Å²) in [5, 5.41) is 15.0. The minimum Gasteiger partial charge on any atom is -0.346 e. The average molecular weight is 546 g/mol. The summed E-state index contributed by atoms with van der Waals surface area (Å²) in [6, 6.07) is 27.1. The first-order valence-corrected chi connectivity index (χ1v) is 14.7. The number of nitrogens with one attached hydrogen (secondary N) is 1. The van der Waals surface area contributed by atoms with E-state index in [-0.39, 0.29) is 18.0 Å². The maximum absolute atomic E-state index is 13.1. The van der Waals surface area contributed by atoms with Gasteiger partial charge in [-0.15, -0.1) is 10.2 Å². The molecule has 9 nitrogen and oxygen atoms in total. The molecule has 0 saturated carbocycles. The molecule has 0 spiro atoms. The molecule has 0 unspecified atom stereocenters. The van der Waals surface area contributed by atoms with Crippen LogP contribution in [0.4, 0.5) is 0 Å². The van der Waals surface area contributed by atoms with E-state index in [9.17, 15) is 18.0 Å². The second-order valence-electron chi connectivity index (χ2n) is 9.74. The van der Waals surface area contributed by atoms with Crippen molar-refractivity contribution in [2.75, 3.05) is 12.0 Å². The third-order valence-electron chi connectivity index (χ3n) is 6.29. The number of ketones is 1. The maximum Gasteiger partial charge on any atom is 0.293 e. The lowest BCUT2D eigenvalue weighted by Crippen LogP contribution is -2.39. The van der Waals surface area contributed by atoms with Gasteiger partial charge in [-0.2, -0.15) is 4.80 Å². The number of nitrogens with zero attached hydrogens (tertiary/aromatic N) is 4. The number of amides is 1. The van der Waals surface area contributed by atoms with Gasteiger partial charge >= 0.3 is 0 Å². The Kier molecular flexibility index (Phi) is 8.98. The highest BCUT2D eigenvalue weighted by atomic mass is 32.2. The van der Waals surface area contributed by atoms with E-state index < -0.39 is 33.5 Å². The number of rotatable bonds is 12. The monoisotopic (exact) mass is 545 g/mol. The number of tetrazole rings is 1. The first-order valence-electron chi connectivity index (χ1n) is 12.6. The smallest absolute Gasteiger partial charge is 0.293 e. The van der Waals surface area contributed by atoms with Crippen molar-refractivity contribution in [1.82, 2.24) is 25.5 Å². The molecule has 1 N–H and O–H groups in total. The Morgan fingerprint density at radius 1 is 0.872 bits per heavy atom. The molecule has 1 amide bonds. The predicted octanol–water partition coefficient (Wildman–Crippen LogP) is 3.37. The number of hydrogen-bond acceptors (Lipinski definition) is 7. The van der Waals surface area contributed by atoms with E-state index in [1.54, 1.807) is 6.92 Å². The van der Waals surface area contributed by atoms with Gasteiger partial charge in [-0.3, -0.25) is 9.59 Å². The molecule has 0 aliphatic carbocycles. The fraction of sp³-hybridized carbons (Fsp3) is 0.276. The standard InChI is InChI=1S/C29H31N5O4S/c1-21(27(35)20-39(2,37)38)17-26(18-22-13-15-25(16-14-22)24-11-7-4-8-12-24)30-29(36)28-31-33-34(32-28)19-23-9-5-3-6-10-23/h3-16,21,26H,17-20H2,1-2H3,(H,30,36)/t21-,26+/m1/s1. The molecule has 39 heavy (non-hydrogen) atoms. The van der Waals surface area contributed by atoms with E-state index in [1.807, 2.05) is 84.9 Å². The van der Waals surface area contributed by atoms with Crippen molar-refractivity contribution in [3.63, 3.8) is 0 Å². The number of carbonyl (C=O) groups is 2. The molecule has 0 bridgehead atoms. The van der Waals surface area contributed by atoms with Crippen LogP contribution < -0.4 is 5.32 Å². The highest BCUT2D eigenvalue weighted by molar-refractivity contribution is 7.91. The van der Waals surface area contributed by atoms with Gasteiger partial charge in [0.25, 0.3) is 11.7 Å². The van der Waals surface area contributed by atoms with Crippen LogP contribution in [0.15, 0.2) is 84.9 Å². The molecular weight excluding hydrogens is 514 g/mol. The number of carbonyl (C=O) groups excluding carboxylic acids is 2. The molecule has 3 aromatic carbocycles. The van der Waals surface area contributed by atoms with E-state index in [4.69, 9.17) is 0 Å². The fourth-order valence-electron chi connectivity index (χ4n) is 4.30. The zero-order chi connectivity index (χ0) is 27.8. The Balaban J connectivity index is 1.48. The van der Waals surface area contributed by atoms with Crippen LogP contribution in [-0.4, -0.2) is 58.4 Å². The van der Waals surface area contributed by atoms with Crippen molar-refractivity contribution in [3.8, 4) is 11.1 Å². The van der Waals surface area contributed by atoms with Crippen LogP contribution in [0.3, 0.4) is 0 Å². The Morgan fingerprint density at radius 3 is 2.13 bits per heavy atom. The average Bonchev–Trinajstić information content (AvgIpc) is 3.38. The second kappa shape index (κ2) is 12.6. The number of hydrogen-bond donors (Lipinski definition) is 1. The quantitative estimate of drug-likeness (QED) is 0.289. The summed E-state index contributed by atoms with van der Waals surface area (Å²) in [5.74, 6) is -2.08. The number of Topliss-reactive ketones (excluding diaryl/α,β-unsaturated/α-hetero) is 1. The lowest BCUT2D eigenvalue weighted by molar-refractivity contribution is -0.120. The normalized spacial score (nSPS) is 13.0. The van der Waals surface area contributed by atoms with Crippen LogP contribution in [0.1, 0.15) is 35.1 Å². The molecule has 4 aromatic rings. The van der Waals surface area contributed by atoms with Gasteiger partial charge in [0.05, 0.1) is 6.54 Å². The number of benzene rings is 3. The Bertz CT molecular complexity index is 1500. The summed E-state index contributed by atoms with van der Waals surface area (Å²) < 4.78 is 23.3. The lowest BCUT2D eigenvalue weighted by Gasteiger charge is -2.21. The fourth-order valence-corrected chi connectivity index (χ4v) is 5.10. The van der Waals surface area contributed by atoms with Gasteiger partial charge in [0, 0.05) is 18.2 Å². The minimum absolute atomic E-state index is 0.0783. The third-order valence-corrected chi connectivity index (χ3v) is 7.10. The third kappa shape index (κ3) is 8.41. The highest BCUT2D eigenvalue weighted by Gasteiger charge is 2.25. The van der Waals surface area contributed by atoms with Crippen molar-refractivity contribution in [1.29, 1.82) is 0 Å². The molecule has 0 fully saturated rings. The Labute approximate surface area is 228 Å². The molecule has 0 radical (unpaired) electrons. The minimum atomic E-state index is -3.45. The molecule has 10 heteroatoms. The van der Waals surface area contributed by atoms with Crippen molar-refractivity contribution >= 4 is 21.5 Å². The maximum atomic E-state index is 13.1. The van der Waals surface area contributed by atoms with E-state index in [1.165, 1.54) is 4.80 Å². The van der Waals surface area contributed by atoms with Gasteiger partial charge in [-0.25, -0.2) is 8.42 Å². The molecule has 0 aliphatic rings. The summed E-state index contributed by atoms with van der Waals surface area (Å²) in [5.41, 5.74) is 4.09. The van der Waals surface area contributed by atoms with E-state index in [0.29, 0.717) is 13.0 Å². The Hall–Kier alpha value is -4.18. The van der Waals surface area contributed by atoms with Crippen molar-refractivity contribution < 1.29 is 18.0 Å². The zero-order valence-corrected chi connectivity index (χ0v) is 22.7. The van der Waals surface area contributed by atoms with E-state index >= 15 is 0 Å². The largest absolute Gasteiger partial charge is 0.346 e. The van der Waals surface area contributed by atoms with E-state index in [2.05, 4.69) is 20.7 Å². The van der Waals surface area contributed by atoms with Crippen LogP contribution in [0.25, 0.3) is 11.1 Å². The van der Waals surface area contributed by atoms with Gasteiger partial charge in [-0.1, -0.05) is 91.9 Å². The van der Waals surface area contributed by atoms with Crippen LogP contribution >= 0.6 is 0 Å². The van der Waals surface area contributed by atoms with Gasteiger partial charge < -0.3 is 5.32 Å². The molecule has 4 rings (SSSR count). The van der Waals surface area contributed by atoms with Crippen molar-refractivity contribution in [2.24, 2.45) is 5.92 Å². The predicted molar refractivity (Wildman–Crippen MR) is 149 cm³/mol. The van der Waals surface area contributed by atoms with Crippen molar-refractivity contribution in [3.05, 3.63) is 102 Å². The first-order chi connectivity index (χ1) is 18.7. The molecule has 1 heterocycles. The van der Waals surface area contributed by atoms with Crippen LogP contribution in [0.2, 0.25) is 0 Å². The second-order valence-corrected chi connectivity index (χ2v) is 11.9. The van der Waals surface area contributed by atoms with Crippen LogP contribution in [0, 0.1) is 5.92 Å². The number of aromatic nitrogens is 4. The topological polar surface area (TPSA) is 124 Å². The summed E-state index contributed by atoms with van der Waals surface area (Å²) in [7, 11) is -3.45. The summed E-state index contributed by atoms with van der Waals surface area (Å²) in [4.78, 5) is 27.0. The van der Waals surface area contributed by atoms with Crippen LogP contribution in [0.5, 0.6) is 0 Å². The first kappa shape index (κ1) is 27.8. The summed E-state index contributed by atoms with van der Waals surface area (Å²) in [6.45, 7) is 2.05. The van der Waals surface area contributed by atoms with E-state index in [0.717, 1.165) is 28.5 Å². The molecule has 1 aromatic heterocycles. The van der Waals surface area contributed by atoms with Gasteiger partial charge in [-0.05, 0) is 40.3 Å². The molecule has 0 saturated heterocycles. The molecular formula is C29H31N5O4S. The van der Waals surface area contributed by atoms with Crippen molar-refractivity contribution in [2.45, 2.75) is 32.4 Å². The zero-order valence-electron chi connectivity index (χ0n) is 21.9. The van der Waals surface area contributed by atoms with Gasteiger partial charge in [0.15, 0.2) is 15.6 Å². The lowest BCUT2D eigenvalue weighted by atomic mass is 9.93. The summed E-state index contributed by atoms with van der Waals surface area (Å²) >= 11 is 0. The molecule has 202 valence electrons. The SMILES string of the molecule is C[C@H](C[C@@H](Cc1ccc(-c2ccccc2)cc1)NC(=O)c1nnn(Cc2ccccc2)n1)C(=O)CS(C)(=O)=O.